The zero-order chi connectivity index (χ0) is 15.6. The SMILES string of the molecule is Cc1ccc(S(=O)(=O)NC2CCCNC2=O)cc1C(=O)O. The molecule has 1 unspecified atom stereocenters. The van der Waals surface area contributed by atoms with Crippen molar-refractivity contribution in [3.05, 3.63) is 29.3 Å². The van der Waals surface area contributed by atoms with E-state index in [9.17, 15) is 18.0 Å². The third-order valence-corrected chi connectivity index (χ3v) is 4.80. The fraction of sp³-hybridized carbons (Fsp3) is 0.385. The second kappa shape index (κ2) is 5.82. The predicted octanol–water partition coefficient (Wildman–Crippen LogP) is 0.250. The number of aryl methyl sites for hydroxylation is 1. The first-order chi connectivity index (χ1) is 9.81. The number of carbonyl (C=O) groups is 2. The maximum absolute atomic E-state index is 12.2. The Hall–Kier alpha value is -1.93. The monoisotopic (exact) mass is 312 g/mol. The Kier molecular flexibility index (Phi) is 4.29. The highest BCUT2D eigenvalue weighted by Crippen LogP contribution is 2.17. The molecule has 1 aliphatic heterocycles. The first kappa shape index (κ1) is 15.5. The molecule has 0 bridgehead atoms. The molecule has 1 heterocycles. The van der Waals surface area contributed by atoms with Crippen LogP contribution in [0.5, 0.6) is 0 Å². The zero-order valence-electron chi connectivity index (χ0n) is 11.4. The highest BCUT2D eigenvalue weighted by molar-refractivity contribution is 7.89. The fourth-order valence-electron chi connectivity index (χ4n) is 2.14. The Morgan fingerprint density at radius 1 is 1.43 bits per heavy atom. The molecule has 0 aromatic heterocycles. The van der Waals surface area contributed by atoms with Crippen LogP contribution < -0.4 is 10.0 Å². The summed E-state index contributed by atoms with van der Waals surface area (Å²) in [5, 5.41) is 11.6. The summed E-state index contributed by atoms with van der Waals surface area (Å²) in [4.78, 5) is 22.5. The number of carbonyl (C=O) groups excluding carboxylic acids is 1. The van der Waals surface area contributed by atoms with Crippen LogP contribution in [-0.4, -0.2) is 38.0 Å². The van der Waals surface area contributed by atoms with Gasteiger partial charge in [0.15, 0.2) is 0 Å². The third kappa shape index (κ3) is 3.40. The van der Waals surface area contributed by atoms with Crippen molar-refractivity contribution in [3.8, 4) is 0 Å². The van der Waals surface area contributed by atoms with E-state index in [4.69, 9.17) is 5.11 Å². The number of hydrogen-bond acceptors (Lipinski definition) is 4. The topological polar surface area (TPSA) is 113 Å². The van der Waals surface area contributed by atoms with Crippen molar-refractivity contribution in [2.75, 3.05) is 6.54 Å². The number of carboxylic acid groups (broad SMARTS) is 1. The maximum Gasteiger partial charge on any atom is 0.335 e. The van der Waals surface area contributed by atoms with Gasteiger partial charge in [-0.2, -0.15) is 4.72 Å². The van der Waals surface area contributed by atoms with Gasteiger partial charge in [0.25, 0.3) is 0 Å². The molecule has 1 saturated heterocycles. The van der Waals surface area contributed by atoms with Gasteiger partial charge < -0.3 is 10.4 Å². The van der Waals surface area contributed by atoms with E-state index in [1.165, 1.54) is 12.1 Å². The number of nitrogens with one attached hydrogen (secondary N) is 2. The molecule has 0 radical (unpaired) electrons. The molecule has 8 heteroatoms. The number of amides is 1. The summed E-state index contributed by atoms with van der Waals surface area (Å²) >= 11 is 0. The lowest BCUT2D eigenvalue weighted by atomic mass is 10.1. The number of hydrogen-bond donors (Lipinski definition) is 3. The van der Waals surface area contributed by atoms with Crippen LogP contribution in [0, 0.1) is 6.92 Å². The van der Waals surface area contributed by atoms with Crippen LogP contribution in [0.4, 0.5) is 0 Å². The van der Waals surface area contributed by atoms with Crippen molar-refractivity contribution in [3.63, 3.8) is 0 Å². The average molecular weight is 312 g/mol. The fourth-order valence-corrected chi connectivity index (χ4v) is 3.39. The van der Waals surface area contributed by atoms with Crippen LogP contribution in [0.1, 0.15) is 28.8 Å². The molecule has 1 aliphatic rings. The van der Waals surface area contributed by atoms with Gasteiger partial charge in [-0.25, -0.2) is 13.2 Å². The molecule has 0 spiro atoms. The molecule has 3 N–H and O–H groups in total. The second-order valence-electron chi connectivity index (χ2n) is 4.89. The number of sulfonamides is 1. The summed E-state index contributed by atoms with van der Waals surface area (Å²) in [6, 6.07) is 3.03. The van der Waals surface area contributed by atoms with Gasteiger partial charge in [-0.05, 0) is 37.5 Å². The average Bonchev–Trinajstić information content (AvgIpc) is 2.41. The Balaban J connectivity index is 2.29. The van der Waals surface area contributed by atoms with Gasteiger partial charge in [-0.15, -0.1) is 0 Å². The number of rotatable bonds is 4. The minimum Gasteiger partial charge on any atom is -0.478 e. The van der Waals surface area contributed by atoms with E-state index in [0.717, 1.165) is 6.07 Å². The molecular formula is C13H16N2O5S. The van der Waals surface area contributed by atoms with Gasteiger partial charge in [0.1, 0.15) is 6.04 Å². The number of benzene rings is 1. The Bertz CT molecular complexity index is 684. The van der Waals surface area contributed by atoms with Crippen molar-refractivity contribution < 1.29 is 23.1 Å². The number of carboxylic acids is 1. The predicted molar refractivity (Wildman–Crippen MR) is 74.5 cm³/mol. The molecule has 1 fully saturated rings. The lowest BCUT2D eigenvalue weighted by molar-refractivity contribution is -0.124. The van der Waals surface area contributed by atoms with Crippen molar-refractivity contribution in [1.29, 1.82) is 0 Å². The summed E-state index contributed by atoms with van der Waals surface area (Å²) in [5.74, 6) is -1.56. The maximum atomic E-state index is 12.2. The summed E-state index contributed by atoms with van der Waals surface area (Å²) < 4.78 is 26.8. The molecule has 1 aromatic carbocycles. The van der Waals surface area contributed by atoms with Gasteiger partial charge in [0.05, 0.1) is 10.5 Å². The normalized spacial score (nSPS) is 19.1. The van der Waals surface area contributed by atoms with Gasteiger partial charge >= 0.3 is 5.97 Å². The smallest absolute Gasteiger partial charge is 0.335 e. The summed E-state index contributed by atoms with van der Waals surface area (Å²) in [5.41, 5.74) is 0.392. The standard InChI is InChI=1S/C13H16N2O5S/c1-8-4-5-9(7-10(8)13(17)18)21(19,20)15-11-3-2-6-14-12(11)16/h4-5,7,11,15H,2-3,6H2,1H3,(H,14,16)(H,17,18). The van der Waals surface area contributed by atoms with Gasteiger partial charge in [-0.3, -0.25) is 4.79 Å². The summed E-state index contributed by atoms with van der Waals surface area (Å²) in [7, 11) is -3.94. The highest BCUT2D eigenvalue weighted by Gasteiger charge is 2.28. The lowest BCUT2D eigenvalue weighted by Gasteiger charge is -2.22. The van der Waals surface area contributed by atoms with Crippen LogP contribution in [0.3, 0.4) is 0 Å². The second-order valence-corrected chi connectivity index (χ2v) is 6.60. The largest absolute Gasteiger partial charge is 0.478 e. The molecule has 21 heavy (non-hydrogen) atoms. The van der Waals surface area contributed by atoms with Crippen molar-refractivity contribution >= 4 is 21.9 Å². The lowest BCUT2D eigenvalue weighted by Crippen LogP contribution is -2.50. The van der Waals surface area contributed by atoms with E-state index < -0.39 is 22.0 Å². The van der Waals surface area contributed by atoms with Crippen LogP contribution in [-0.2, 0) is 14.8 Å². The van der Waals surface area contributed by atoms with Crippen molar-refractivity contribution in [1.82, 2.24) is 10.0 Å². The molecule has 1 aromatic rings. The number of piperidine rings is 1. The highest BCUT2D eigenvalue weighted by atomic mass is 32.2. The molecular weight excluding hydrogens is 296 g/mol. The van der Waals surface area contributed by atoms with Crippen LogP contribution in [0.15, 0.2) is 23.1 Å². The van der Waals surface area contributed by atoms with E-state index >= 15 is 0 Å². The van der Waals surface area contributed by atoms with Crippen LogP contribution >= 0.6 is 0 Å². The van der Waals surface area contributed by atoms with E-state index in [0.29, 0.717) is 24.9 Å². The molecule has 0 saturated carbocycles. The van der Waals surface area contributed by atoms with E-state index in [1.54, 1.807) is 6.92 Å². The van der Waals surface area contributed by atoms with E-state index in [-0.39, 0.29) is 16.4 Å². The molecule has 2 rings (SSSR count). The molecule has 1 atom stereocenters. The number of aromatic carboxylic acids is 1. The molecule has 114 valence electrons. The molecule has 7 nitrogen and oxygen atoms in total. The van der Waals surface area contributed by atoms with Gasteiger partial charge in [0, 0.05) is 6.54 Å². The minimum atomic E-state index is -3.94. The Morgan fingerprint density at radius 3 is 2.76 bits per heavy atom. The Morgan fingerprint density at radius 2 is 2.14 bits per heavy atom. The van der Waals surface area contributed by atoms with Gasteiger partial charge in [-0.1, -0.05) is 6.07 Å². The van der Waals surface area contributed by atoms with E-state index in [2.05, 4.69) is 10.0 Å². The quantitative estimate of drug-likeness (QED) is 0.737. The third-order valence-electron chi connectivity index (χ3n) is 3.33. The molecule has 0 aliphatic carbocycles. The first-order valence-corrected chi connectivity index (χ1v) is 7.93. The van der Waals surface area contributed by atoms with Gasteiger partial charge in [0.2, 0.25) is 15.9 Å². The van der Waals surface area contributed by atoms with Crippen molar-refractivity contribution in [2.24, 2.45) is 0 Å². The summed E-state index contributed by atoms with van der Waals surface area (Å²) in [6.07, 6.45) is 1.11. The molecule has 1 amide bonds. The zero-order valence-corrected chi connectivity index (χ0v) is 12.2. The summed E-state index contributed by atoms with van der Waals surface area (Å²) in [6.45, 7) is 2.12. The van der Waals surface area contributed by atoms with Crippen molar-refractivity contribution in [2.45, 2.75) is 30.7 Å². The van der Waals surface area contributed by atoms with E-state index in [1.807, 2.05) is 0 Å². The first-order valence-electron chi connectivity index (χ1n) is 6.45. The Labute approximate surface area is 122 Å². The van der Waals surface area contributed by atoms with Crippen LogP contribution in [0.25, 0.3) is 0 Å². The minimum absolute atomic E-state index is 0.0778. The van der Waals surface area contributed by atoms with Crippen LogP contribution in [0.2, 0.25) is 0 Å².